The summed E-state index contributed by atoms with van der Waals surface area (Å²) in [6, 6.07) is 7.06. The third-order valence-electron chi connectivity index (χ3n) is 2.77. The van der Waals surface area contributed by atoms with Crippen LogP contribution in [0.4, 0.5) is 5.69 Å². The molecule has 0 bridgehead atoms. The molecule has 0 radical (unpaired) electrons. The topological polar surface area (TPSA) is 59.3 Å². The minimum absolute atomic E-state index is 0.154. The lowest BCUT2D eigenvalue weighted by molar-refractivity contribution is 0.102. The lowest BCUT2D eigenvalue weighted by atomic mass is 10.2. The van der Waals surface area contributed by atoms with Crippen molar-refractivity contribution in [2.24, 2.45) is 0 Å². The summed E-state index contributed by atoms with van der Waals surface area (Å²) in [4.78, 5) is 20.2. The number of fused-ring (bicyclic) bond motifs is 1. The van der Waals surface area contributed by atoms with Crippen molar-refractivity contribution >= 4 is 17.2 Å². The summed E-state index contributed by atoms with van der Waals surface area (Å²) >= 11 is 0. The molecule has 94 valence electrons. The van der Waals surface area contributed by atoms with Crippen LogP contribution in [0.2, 0.25) is 0 Å². The maximum absolute atomic E-state index is 12.0. The number of hydrogen-bond acceptors (Lipinski definition) is 3. The van der Waals surface area contributed by atoms with Gasteiger partial charge in [0.1, 0.15) is 5.65 Å². The van der Waals surface area contributed by atoms with Gasteiger partial charge >= 0.3 is 0 Å². The summed E-state index contributed by atoms with van der Waals surface area (Å²) in [5.41, 5.74) is 3.11. The van der Waals surface area contributed by atoms with Gasteiger partial charge in [-0.1, -0.05) is 0 Å². The van der Waals surface area contributed by atoms with Gasteiger partial charge in [0.15, 0.2) is 0 Å². The molecular formula is C14H12N4O. The molecule has 0 atom stereocenters. The molecule has 5 nitrogen and oxygen atoms in total. The highest BCUT2D eigenvalue weighted by Gasteiger charge is 2.06. The predicted octanol–water partition coefficient (Wildman–Crippen LogP) is 2.29. The first-order valence-corrected chi connectivity index (χ1v) is 5.89. The van der Waals surface area contributed by atoms with E-state index in [-0.39, 0.29) is 5.91 Å². The van der Waals surface area contributed by atoms with Crippen LogP contribution in [0.5, 0.6) is 0 Å². The van der Waals surface area contributed by atoms with Gasteiger partial charge < -0.3 is 9.72 Å². The summed E-state index contributed by atoms with van der Waals surface area (Å²) in [5, 5.41) is 2.84. The Hall–Kier alpha value is -2.69. The molecule has 3 heterocycles. The lowest BCUT2D eigenvalue weighted by Gasteiger charge is -2.05. The summed E-state index contributed by atoms with van der Waals surface area (Å²) in [6.07, 6.45) is 6.94. The largest absolute Gasteiger partial charge is 0.321 e. The van der Waals surface area contributed by atoms with Gasteiger partial charge in [-0.25, -0.2) is 4.98 Å². The predicted molar refractivity (Wildman–Crippen MR) is 72.1 cm³/mol. The zero-order valence-corrected chi connectivity index (χ0v) is 10.4. The van der Waals surface area contributed by atoms with E-state index in [1.807, 2.05) is 35.9 Å². The molecule has 0 saturated heterocycles. The quantitative estimate of drug-likeness (QED) is 0.761. The van der Waals surface area contributed by atoms with Gasteiger partial charge in [0, 0.05) is 30.4 Å². The molecule has 0 aliphatic carbocycles. The number of nitrogens with one attached hydrogen (secondary N) is 1. The Morgan fingerprint density at radius 1 is 1.16 bits per heavy atom. The molecule has 0 aromatic carbocycles. The van der Waals surface area contributed by atoms with Crippen molar-refractivity contribution in [3.63, 3.8) is 0 Å². The highest BCUT2D eigenvalue weighted by atomic mass is 16.1. The molecule has 0 spiro atoms. The van der Waals surface area contributed by atoms with Crippen molar-refractivity contribution in [2.45, 2.75) is 6.92 Å². The summed E-state index contributed by atoms with van der Waals surface area (Å²) in [7, 11) is 0. The standard InChI is InChI=1S/C14H12N4O/c1-10-8-18-9-12(2-3-13(18)16-10)17-14(19)11-4-6-15-7-5-11/h2-9H,1H3,(H,17,19). The van der Waals surface area contributed by atoms with Crippen molar-refractivity contribution in [1.29, 1.82) is 0 Å². The van der Waals surface area contributed by atoms with Crippen molar-refractivity contribution in [2.75, 3.05) is 5.32 Å². The van der Waals surface area contributed by atoms with Crippen LogP contribution < -0.4 is 5.32 Å². The number of nitrogens with zero attached hydrogens (tertiary/aromatic N) is 3. The molecule has 0 fully saturated rings. The maximum atomic E-state index is 12.0. The fourth-order valence-electron chi connectivity index (χ4n) is 1.90. The van der Waals surface area contributed by atoms with Gasteiger partial charge in [0.05, 0.1) is 11.4 Å². The first-order valence-electron chi connectivity index (χ1n) is 5.89. The summed E-state index contributed by atoms with van der Waals surface area (Å²) in [5.74, 6) is -0.154. The number of imidazole rings is 1. The Bertz CT molecular complexity index is 734. The first-order chi connectivity index (χ1) is 9.22. The molecule has 0 aliphatic heterocycles. The van der Waals surface area contributed by atoms with E-state index in [0.29, 0.717) is 5.56 Å². The molecule has 0 saturated carbocycles. The van der Waals surface area contributed by atoms with Gasteiger partial charge in [-0.3, -0.25) is 9.78 Å². The van der Waals surface area contributed by atoms with E-state index in [4.69, 9.17) is 0 Å². The van der Waals surface area contributed by atoms with Crippen LogP contribution in [-0.4, -0.2) is 20.3 Å². The third kappa shape index (κ3) is 2.30. The number of hydrogen-bond donors (Lipinski definition) is 1. The smallest absolute Gasteiger partial charge is 0.255 e. The molecule has 1 amide bonds. The molecule has 0 unspecified atom stereocenters. The zero-order valence-electron chi connectivity index (χ0n) is 10.4. The van der Waals surface area contributed by atoms with Gasteiger partial charge in [-0.05, 0) is 31.2 Å². The number of carbonyl (C=O) groups excluding carboxylic acids is 1. The second-order valence-electron chi connectivity index (χ2n) is 4.26. The average molecular weight is 252 g/mol. The Labute approximate surface area is 109 Å². The minimum atomic E-state index is -0.154. The second kappa shape index (κ2) is 4.53. The Morgan fingerprint density at radius 2 is 1.95 bits per heavy atom. The van der Waals surface area contributed by atoms with E-state index in [0.717, 1.165) is 17.0 Å². The average Bonchev–Trinajstić information content (AvgIpc) is 2.79. The van der Waals surface area contributed by atoms with Gasteiger partial charge in [0.2, 0.25) is 0 Å². The van der Waals surface area contributed by atoms with Crippen LogP contribution in [0, 0.1) is 6.92 Å². The first kappa shape index (κ1) is 11.4. The van der Waals surface area contributed by atoms with Crippen molar-refractivity contribution in [1.82, 2.24) is 14.4 Å². The number of rotatable bonds is 2. The lowest BCUT2D eigenvalue weighted by Crippen LogP contribution is -2.12. The Morgan fingerprint density at radius 3 is 2.74 bits per heavy atom. The molecular weight excluding hydrogens is 240 g/mol. The fourth-order valence-corrected chi connectivity index (χ4v) is 1.90. The van der Waals surface area contributed by atoms with Crippen LogP contribution in [0.1, 0.15) is 16.1 Å². The molecule has 3 aromatic heterocycles. The minimum Gasteiger partial charge on any atom is -0.321 e. The zero-order chi connectivity index (χ0) is 13.2. The normalized spacial score (nSPS) is 10.6. The number of aromatic nitrogens is 3. The number of aryl methyl sites for hydroxylation is 1. The Balaban J connectivity index is 1.87. The molecule has 1 N–H and O–H groups in total. The van der Waals surface area contributed by atoms with Crippen LogP contribution >= 0.6 is 0 Å². The van der Waals surface area contributed by atoms with Crippen molar-refractivity contribution < 1.29 is 4.79 Å². The molecule has 19 heavy (non-hydrogen) atoms. The van der Waals surface area contributed by atoms with E-state index >= 15 is 0 Å². The number of pyridine rings is 2. The number of anilines is 1. The van der Waals surface area contributed by atoms with E-state index in [1.165, 1.54) is 0 Å². The monoisotopic (exact) mass is 252 g/mol. The third-order valence-corrected chi connectivity index (χ3v) is 2.77. The second-order valence-corrected chi connectivity index (χ2v) is 4.26. The summed E-state index contributed by atoms with van der Waals surface area (Å²) in [6.45, 7) is 1.93. The summed E-state index contributed by atoms with van der Waals surface area (Å²) < 4.78 is 1.89. The number of amides is 1. The molecule has 0 aliphatic rings. The highest BCUT2D eigenvalue weighted by Crippen LogP contribution is 2.12. The maximum Gasteiger partial charge on any atom is 0.255 e. The van der Waals surface area contributed by atoms with Gasteiger partial charge in [0.25, 0.3) is 5.91 Å². The fraction of sp³-hybridized carbons (Fsp3) is 0.0714. The van der Waals surface area contributed by atoms with E-state index in [1.54, 1.807) is 24.5 Å². The van der Waals surface area contributed by atoms with E-state index in [2.05, 4.69) is 15.3 Å². The van der Waals surface area contributed by atoms with Crippen LogP contribution in [0.15, 0.2) is 49.1 Å². The molecule has 5 heteroatoms. The van der Waals surface area contributed by atoms with Crippen LogP contribution in [-0.2, 0) is 0 Å². The van der Waals surface area contributed by atoms with Crippen molar-refractivity contribution in [3.05, 3.63) is 60.3 Å². The van der Waals surface area contributed by atoms with Crippen LogP contribution in [0.3, 0.4) is 0 Å². The number of carbonyl (C=O) groups is 1. The van der Waals surface area contributed by atoms with Gasteiger partial charge in [-0.15, -0.1) is 0 Å². The van der Waals surface area contributed by atoms with E-state index in [9.17, 15) is 4.79 Å². The Kier molecular flexibility index (Phi) is 2.72. The highest BCUT2D eigenvalue weighted by molar-refractivity contribution is 6.04. The van der Waals surface area contributed by atoms with Crippen LogP contribution in [0.25, 0.3) is 5.65 Å². The SMILES string of the molecule is Cc1cn2cc(NC(=O)c3ccncc3)ccc2n1. The molecule has 3 rings (SSSR count). The van der Waals surface area contributed by atoms with E-state index < -0.39 is 0 Å². The van der Waals surface area contributed by atoms with Gasteiger partial charge in [-0.2, -0.15) is 0 Å². The van der Waals surface area contributed by atoms with Crippen molar-refractivity contribution in [3.8, 4) is 0 Å². The molecule has 3 aromatic rings.